The Kier molecular flexibility index (Phi) is 13.9. The fourth-order valence-corrected chi connectivity index (χ4v) is 18.6. The van der Waals surface area contributed by atoms with Crippen molar-refractivity contribution in [1.82, 2.24) is 0 Å². The van der Waals surface area contributed by atoms with Crippen molar-refractivity contribution in [3.05, 3.63) is 357 Å². The summed E-state index contributed by atoms with van der Waals surface area (Å²) in [5.41, 5.74) is 14.5. The Labute approximate surface area is 577 Å². The summed E-state index contributed by atoms with van der Waals surface area (Å²) in [4.78, 5) is 4.76. The number of aryl methyl sites for hydroxylation is 2. The first-order chi connectivity index (χ1) is 49.3. The van der Waals surface area contributed by atoms with E-state index in [-0.39, 0.29) is 0 Å². The fraction of sp³-hybridized carbons (Fsp3) is 0.0213. The van der Waals surface area contributed by atoms with E-state index < -0.39 is 7.14 Å². The lowest BCUT2D eigenvalue weighted by atomic mass is 9.87. The van der Waals surface area contributed by atoms with Gasteiger partial charge in [0.2, 0.25) is 0 Å². The minimum Gasteiger partial charge on any atom is -0.454 e. The number of para-hydroxylation sites is 4. The van der Waals surface area contributed by atoms with Crippen LogP contribution in [0, 0.1) is 13.8 Å². The van der Waals surface area contributed by atoms with Gasteiger partial charge in [-0.3, -0.25) is 0 Å². The Morgan fingerprint density at radius 1 is 0.260 bits per heavy atom. The molecule has 472 valence electrons. The number of benzene rings is 18. The largest absolute Gasteiger partial charge is 0.454 e. The van der Waals surface area contributed by atoms with E-state index in [1.165, 1.54) is 92.1 Å². The highest BCUT2D eigenvalue weighted by Crippen LogP contribution is 2.52. The van der Waals surface area contributed by atoms with Crippen LogP contribution in [0.25, 0.3) is 130 Å². The minimum atomic E-state index is -3.04. The number of rotatable bonds is 10. The molecule has 0 amide bonds. The van der Waals surface area contributed by atoms with Gasteiger partial charge in [-0.25, -0.2) is 0 Å². The summed E-state index contributed by atoms with van der Waals surface area (Å²) >= 11 is 0. The third-order valence-electron chi connectivity index (χ3n) is 20.4. The zero-order valence-electron chi connectivity index (χ0n) is 55.0. The molecule has 0 bridgehead atoms. The molecule has 0 aliphatic rings. The van der Waals surface area contributed by atoms with E-state index in [2.05, 4.69) is 297 Å². The maximum Gasteiger partial charge on any atom is 0.171 e. The highest BCUT2D eigenvalue weighted by atomic mass is 31.2. The summed E-state index contributed by atoms with van der Waals surface area (Å²) in [5.74, 6) is 0. The van der Waals surface area contributed by atoms with Gasteiger partial charge < -0.3 is 23.2 Å². The first-order valence-corrected chi connectivity index (χ1v) is 35.8. The summed E-state index contributed by atoms with van der Waals surface area (Å²) in [5, 5.41) is 24.2. The molecule has 0 radical (unpaired) electrons. The molecular formula is C94H63N2O3P. The Morgan fingerprint density at radius 2 is 0.640 bits per heavy atom. The average molecular weight is 1300 g/mol. The van der Waals surface area contributed by atoms with Crippen LogP contribution in [-0.4, -0.2) is 0 Å². The standard InChI is InChI=1S/C54H36N2O2.C40H27OP/c1-33-11-7-13-37(31-33)55(47-19-9-17-41-39-15-3-5-21-49(39)57-53(41)47)45-29-25-35-24-28-44-46(30-26-36-23-27-43(45)51(35)52(36)44)56(38-14-8-12-34(2)32-38)48-20-10-18-42-40-16-4-6-22-50(40)58-54(42)48;41-42(29-13-3-1-4-14-29,30-15-5-2-6-16-30)31-25-23-28(24-26-31)38-27-39-34-19-8-7-17-32(34)33-18-9-11-21-36(33)40(39)37-22-12-10-20-35(37)38/h3-32H,1-2H3;1-27H. The quantitative estimate of drug-likeness (QED) is 0.101. The molecule has 0 spiro atoms. The van der Waals surface area contributed by atoms with Crippen LogP contribution in [0.5, 0.6) is 0 Å². The minimum absolute atomic E-state index is 0.838. The van der Waals surface area contributed by atoms with E-state index in [1.54, 1.807) is 0 Å². The van der Waals surface area contributed by atoms with Crippen molar-refractivity contribution in [1.29, 1.82) is 0 Å². The van der Waals surface area contributed by atoms with Crippen LogP contribution in [0.1, 0.15) is 11.1 Å². The lowest BCUT2D eigenvalue weighted by Gasteiger charge is -2.29. The lowest BCUT2D eigenvalue weighted by Crippen LogP contribution is -2.24. The third kappa shape index (κ3) is 9.42. The number of fused-ring (bicyclic) bond motifs is 14. The highest BCUT2D eigenvalue weighted by Gasteiger charge is 2.31. The van der Waals surface area contributed by atoms with Gasteiger partial charge in [-0.05, 0) is 167 Å². The number of nitrogens with zero attached hydrogens (tertiary/aromatic N) is 2. The Hall–Kier alpha value is -12.5. The Morgan fingerprint density at radius 3 is 1.13 bits per heavy atom. The first kappa shape index (κ1) is 58.8. The van der Waals surface area contributed by atoms with E-state index in [0.29, 0.717) is 0 Å². The SMILES string of the molecule is Cc1cccc(N(c2ccc3ccc4c(N(c5cccc(C)c5)c5cccc6c5oc5ccccc56)ccc5ccc2c3c54)c2cccc3c2oc2ccccc23)c1.O=P(c1ccccc1)(c1ccccc1)c1ccc(-c2cc3c4ccccc4c4ccccc4c3c3ccccc23)cc1. The molecule has 0 saturated heterocycles. The molecule has 18 aromatic carbocycles. The average Bonchev–Trinajstić information content (AvgIpc) is 0.777. The summed E-state index contributed by atoms with van der Waals surface area (Å²) in [6.45, 7) is 4.31. The molecule has 0 fully saturated rings. The smallest absolute Gasteiger partial charge is 0.171 e. The van der Waals surface area contributed by atoms with Crippen molar-refractivity contribution in [2.75, 3.05) is 9.80 Å². The van der Waals surface area contributed by atoms with E-state index in [4.69, 9.17) is 8.83 Å². The maximum atomic E-state index is 14.9. The zero-order chi connectivity index (χ0) is 66.6. The Bertz CT molecular complexity index is 6390. The van der Waals surface area contributed by atoms with Crippen LogP contribution in [0.2, 0.25) is 0 Å². The van der Waals surface area contributed by atoms with Crippen molar-refractivity contribution in [2.24, 2.45) is 0 Å². The van der Waals surface area contributed by atoms with Gasteiger partial charge in [-0.1, -0.05) is 279 Å². The molecule has 0 saturated carbocycles. The van der Waals surface area contributed by atoms with E-state index in [1.807, 2.05) is 72.8 Å². The van der Waals surface area contributed by atoms with Gasteiger partial charge in [-0.2, -0.15) is 0 Å². The van der Waals surface area contributed by atoms with E-state index >= 15 is 0 Å². The van der Waals surface area contributed by atoms with Crippen molar-refractivity contribution in [2.45, 2.75) is 13.8 Å². The van der Waals surface area contributed by atoms with Crippen LogP contribution in [-0.2, 0) is 4.57 Å². The molecule has 2 aromatic heterocycles. The van der Waals surface area contributed by atoms with Crippen LogP contribution in [0.4, 0.5) is 34.1 Å². The molecular weight excluding hydrogens is 1240 g/mol. The number of furan rings is 2. The molecule has 20 rings (SSSR count). The van der Waals surface area contributed by atoms with Crippen molar-refractivity contribution >= 4 is 176 Å². The Balaban J connectivity index is 0.000000147. The monoisotopic (exact) mass is 1300 g/mol. The molecule has 0 atom stereocenters. The van der Waals surface area contributed by atoms with Gasteiger partial charge >= 0.3 is 0 Å². The van der Waals surface area contributed by atoms with Gasteiger partial charge in [0.1, 0.15) is 11.2 Å². The molecule has 5 nitrogen and oxygen atoms in total. The van der Waals surface area contributed by atoms with Gasteiger partial charge in [0.25, 0.3) is 0 Å². The topological polar surface area (TPSA) is 49.8 Å². The molecule has 0 aliphatic heterocycles. The van der Waals surface area contributed by atoms with Gasteiger partial charge in [-0.15, -0.1) is 0 Å². The predicted molar refractivity (Wildman–Crippen MR) is 425 cm³/mol. The molecule has 6 heteroatoms. The van der Waals surface area contributed by atoms with Crippen molar-refractivity contribution < 1.29 is 13.4 Å². The fourth-order valence-electron chi connectivity index (χ4n) is 15.9. The van der Waals surface area contributed by atoms with Crippen molar-refractivity contribution in [3.8, 4) is 11.1 Å². The maximum absolute atomic E-state index is 14.9. The molecule has 0 N–H and O–H groups in total. The lowest BCUT2D eigenvalue weighted by molar-refractivity contribution is 0.592. The van der Waals surface area contributed by atoms with E-state index in [9.17, 15) is 4.57 Å². The van der Waals surface area contributed by atoms with Crippen molar-refractivity contribution in [3.63, 3.8) is 0 Å². The second-order valence-electron chi connectivity index (χ2n) is 26.3. The summed E-state index contributed by atoms with van der Waals surface area (Å²) in [6.07, 6.45) is 0. The molecule has 0 aliphatic carbocycles. The second-order valence-corrected chi connectivity index (χ2v) is 29.0. The van der Waals surface area contributed by atoms with Crippen LogP contribution in [0.15, 0.2) is 355 Å². The van der Waals surface area contributed by atoms with Gasteiger partial charge in [0.05, 0.1) is 22.7 Å². The highest BCUT2D eigenvalue weighted by molar-refractivity contribution is 7.85. The zero-order valence-corrected chi connectivity index (χ0v) is 55.9. The summed E-state index contributed by atoms with van der Waals surface area (Å²) in [6, 6.07) is 122. The normalized spacial score (nSPS) is 11.9. The van der Waals surface area contributed by atoms with Crippen LogP contribution >= 0.6 is 7.14 Å². The van der Waals surface area contributed by atoms with Gasteiger partial charge in [0.15, 0.2) is 18.3 Å². The number of hydrogen-bond donors (Lipinski definition) is 0. The molecule has 100 heavy (non-hydrogen) atoms. The first-order valence-electron chi connectivity index (χ1n) is 34.1. The predicted octanol–water partition coefficient (Wildman–Crippen LogP) is 25.5. The molecule has 0 unspecified atom stereocenters. The summed E-state index contributed by atoms with van der Waals surface area (Å²) < 4.78 is 28.3. The van der Waals surface area contributed by atoms with Crippen LogP contribution in [0.3, 0.4) is 0 Å². The number of anilines is 6. The molecule has 20 aromatic rings. The van der Waals surface area contributed by atoms with Crippen LogP contribution < -0.4 is 25.7 Å². The van der Waals surface area contributed by atoms with E-state index in [0.717, 1.165) is 99.5 Å². The summed E-state index contributed by atoms with van der Waals surface area (Å²) in [7, 11) is -3.04. The third-order valence-corrected chi connectivity index (χ3v) is 23.5. The van der Waals surface area contributed by atoms with Gasteiger partial charge in [0, 0.05) is 59.6 Å². The molecule has 2 heterocycles. The number of hydrogen-bond acceptors (Lipinski definition) is 5. The second kappa shape index (κ2) is 23.6.